The van der Waals surface area contributed by atoms with Crippen molar-refractivity contribution in [2.45, 2.75) is 19.9 Å². The fourth-order valence-corrected chi connectivity index (χ4v) is 3.15. The molecule has 138 valence electrons. The van der Waals surface area contributed by atoms with E-state index >= 15 is 0 Å². The summed E-state index contributed by atoms with van der Waals surface area (Å²) < 4.78 is 5.80. The van der Waals surface area contributed by atoms with Crippen LogP contribution in [0.1, 0.15) is 37.8 Å². The predicted molar refractivity (Wildman–Crippen MR) is 97.0 cm³/mol. The Balaban J connectivity index is 1.77. The van der Waals surface area contributed by atoms with Gasteiger partial charge in [-0.1, -0.05) is 0 Å². The number of pyridine rings is 1. The van der Waals surface area contributed by atoms with Crippen molar-refractivity contribution in [3.05, 3.63) is 52.7 Å². The van der Waals surface area contributed by atoms with Gasteiger partial charge in [-0.25, -0.2) is 0 Å². The van der Waals surface area contributed by atoms with Crippen molar-refractivity contribution < 1.29 is 14.0 Å². The number of fused-ring (bicyclic) bond motifs is 1. The highest BCUT2D eigenvalue weighted by atomic mass is 16.3. The van der Waals surface area contributed by atoms with Gasteiger partial charge in [0.2, 0.25) is 0 Å². The summed E-state index contributed by atoms with van der Waals surface area (Å²) >= 11 is 0. The molecule has 7 nitrogen and oxygen atoms in total. The van der Waals surface area contributed by atoms with Crippen LogP contribution >= 0.6 is 0 Å². The van der Waals surface area contributed by atoms with E-state index in [0.717, 1.165) is 17.9 Å². The van der Waals surface area contributed by atoms with Crippen LogP contribution in [0.2, 0.25) is 0 Å². The lowest BCUT2D eigenvalue weighted by atomic mass is 10.0. The highest BCUT2D eigenvalue weighted by molar-refractivity contribution is 5.98. The average Bonchev–Trinajstić information content (AvgIpc) is 2.96. The van der Waals surface area contributed by atoms with Gasteiger partial charge in [0.25, 0.3) is 11.8 Å². The van der Waals surface area contributed by atoms with E-state index in [2.05, 4.69) is 10.3 Å². The average molecular weight is 356 g/mol. The zero-order valence-corrected chi connectivity index (χ0v) is 15.4. The standard InChI is InChI=1S/C19H24N4O3/c1-13-17(18(24)21-9-11-22(2)3)15-12-23(10-6-16(15)26-13)19(25)14-4-7-20-8-5-14/h4-5,7-8H,6,9-12H2,1-3H3,(H,21,24). The van der Waals surface area contributed by atoms with Crippen molar-refractivity contribution in [1.29, 1.82) is 0 Å². The molecule has 0 saturated carbocycles. The maximum absolute atomic E-state index is 12.7. The minimum Gasteiger partial charge on any atom is -0.465 e. The van der Waals surface area contributed by atoms with Crippen molar-refractivity contribution in [1.82, 2.24) is 20.1 Å². The first kappa shape index (κ1) is 18.1. The van der Waals surface area contributed by atoms with Gasteiger partial charge >= 0.3 is 0 Å². The third-order valence-electron chi connectivity index (χ3n) is 4.51. The van der Waals surface area contributed by atoms with E-state index in [0.29, 0.717) is 42.9 Å². The Labute approximate surface area is 153 Å². The molecule has 3 rings (SSSR count). The Morgan fingerprint density at radius 2 is 2.04 bits per heavy atom. The van der Waals surface area contributed by atoms with E-state index in [4.69, 9.17) is 4.42 Å². The van der Waals surface area contributed by atoms with Crippen LogP contribution in [0.5, 0.6) is 0 Å². The molecule has 0 aromatic carbocycles. The zero-order valence-electron chi connectivity index (χ0n) is 15.4. The Morgan fingerprint density at radius 3 is 2.73 bits per heavy atom. The molecule has 1 N–H and O–H groups in total. The molecule has 0 spiro atoms. The zero-order chi connectivity index (χ0) is 18.7. The molecule has 2 aromatic heterocycles. The number of likely N-dealkylation sites (N-methyl/N-ethyl adjacent to an activating group) is 1. The van der Waals surface area contributed by atoms with Crippen molar-refractivity contribution >= 4 is 11.8 Å². The van der Waals surface area contributed by atoms with Gasteiger partial charge in [0.05, 0.1) is 12.1 Å². The number of aryl methyl sites for hydroxylation is 1. The number of carbonyl (C=O) groups is 2. The van der Waals surface area contributed by atoms with Crippen molar-refractivity contribution in [3.8, 4) is 0 Å². The topological polar surface area (TPSA) is 78.7 Å². The molecule has 1 aliphatic heterocycles. The lowest BCUT2D eigenvalue weighted by molar-refractivity contribution is 0.0727. The van der Waals surface area contributed by atoms with Crippen LogP contribution < -0.4 is 5.32 Å². The molecule has 0 unspecified atom stereocenters. The van der Waals surface area contributed by atoms with Gasteiger partial charge in [0.15, 0.2) is 0 Å². The third-order valence-corrected chi connectivity index (χ3v) is 4.51. The quantitative estimate of drug-likeness (QED) is 0.878. The fourth-order valence-electron chi connectivity index (χ4n) is 3.15. The number of aromatic nitrogens is 1. The van der Waals surface area contributed by atoms with Crippen LogP contribution in [0.15, 0.2) is 28.9 Å². The van der Waals surface area contributed by atoms with E-state index in [9.17, 15) is 9.59 Å². The van der Waals surface area contributed by atoms with Gasteiger partial charge in [0, 0.05) is 49.6 Å². The van der Waals surface area contributed by atoms with Crippen LogP contribution in [0.25, 0.3) is 0 Å². The number of nitrogens with zero attached hydrogens (tertiary/aromatic N) is 3. The van der Waals surface area contributed by atoms with Crippen molar-refractivity contribution in [2.24, 2.45) is 0 Å². The number of hydrogen-bond donors (Lipinski definition) is 1. The molecule has 1 aliphatic rings. The van der Waals surface area contributed by atoms with Gasteiger partial charge in [0.1, 0.15) is 11.5 Å². The molecule has 0 radical (unpaired) electrons. The molecule has 2 aromatic rings. The Kier molecular flexibility index (Phi) is 5.37. The molecule has 0 fully saturated rings. The molecular weight excluding hydrogens is 332 g/mol. The van der Waals surface area contributed by atoms with E-state index in [1.54, 1.807) is 36.4 Å². The van der Waals surface area contributed by atoms with Crippen molar-refractivity contribution in [3.63, 3.8) is 0 Å². The number of hydrogen-bond acceptors (Lipinski definition) is 5. The number of rotatable bonds is 5. The molecule has 2 amide bonds. The molecule has 0 aliphatic carbocycles. The molecule has 0 bridgehead atoms. The van der Waals surface area contributed by atoms with Gasteiger partial charge < -0.3 is 19.5 Å². The maximum Gasteiger partial charge on any atom is 0.255 e. The Bertz CT molecular complexity index is 799. The second kappa shape index (κ2) is 7.70. The lowest BCUT2D eigenvalue weighted by Gasteiger charge is -2.27. The summed E-state index contributed by atoms with van der Waals surface area (Å²) in [6.45, 7) is 4.07. The van der Waals surface area contributed by atoms with Crippen LogP contribution in [-0.4, -0.2) is 60.3 Å². The van der Waals surface area contributed by atoms with E-state index in [1.807, 2.05) is 19.0 Å². The second-order valence-electron chi connectivity index (χ2n) is 6.71. The summed E-state index contributed by atoms with van der Waals surface area (Å²) in [5.74, 6) is 1.21. The van der Waals surface area contributed by atoms with Gasteiger partial charge in [-0.3, -0.25) is 14.6 Å². The van der Waals surface area contributed by atoms with Gasteiger partial charge in [-0.15, -0.1) is 0 Å². The molecule has 26 heavy (non-hydrogen) atoms. The Morgan fingerprint density at radius 1 is 1.31 bits per heavy atom. The van der Waals surface area contributed by atoms with Gasteiger partial charge in [-0.05, 0) is 33.2 Å². The minimum absolute atomic E-state index is 0.0594. The summed E-state index contributed by atoms with van der Waals surface area (Å²) in [6.07, 6.45) is 3.82. The van der Waals surface area contributed by atoms with E-state index < -0.39 is 0 Å². The van der Waals surface area contributed by atoms with Crippen molar-refractivity contribution in [2.75, 3.05) is 33.7 Å². The molecular formula is C19H24N4O3. The second-order valence-corrected chi connectivity index (χ2v) is 6.71. The maximum atomic E-state index is 12.7. The number of furan rings is 1. The monoisotopic (exact) mass is 356 g/mol. The summed E-state index contributed by atoms with van der Waals surface area (Å²) in [5.41, 5.74) is 1.98. The Hall–Kier alpha value is -2.67. The van der Waals surface area contributed by atoms with Gasteiger partial charge in [-0.2, -0.15) is 0 Å². The number of nitrogens with one attached hydrogen (secondary N) is 1. The molecule has 3 heterocycles. The molecule has 7 heteroatoms. The van der Waals surface area contributed by atoms with Crippen LogP contribution in [0, 0.1) is 6.92 Å². The number of amides is 2. The normalized spacial score (nSPS) is 13.6. The summed E-state index contributed by atoms with van der Waals surface area (Å²) in [7, 11) is 3.92. The minimum atomic E-state index is -0.146. The van der Waals surface area contributed by atoms with Crippen LogP contribution in [0.3, 0.4) is 0 Å². The SMILES string of the molecule is Cc1oc2c(c1C(=O)NCCN(C)C)CN(C(=O)c1ccncc1)CC2. The third kappa shape index (κ3) is 3.77. The first-order chi connectivity index (χ1) is 12.5. The fraction of sp³-hybridized carbons (Fsp3) is 0.421. The largest absolute Gasteiger partial charge is 0.465 e. The van der Waals surface area contributed by atoms with E-state index in [1.165, 1.54) is 0 Å². The predicted octanol–water partition coefficient (Wildman–Crippen LogP) is 1.47. The summed E-state index contributed by atoms with van der Waals surface area (Å²) in [6, 6.07) is 3.40. The lowest BCUT2D eigenvalue weighted by Crippen LogP contribution is -2.37. The highest BCUT2D eigenvalue weighted by Gasteiger charge is 2.30. The first-order valence-corrected chi connectivity index (χ1v) is 8.70. The van der Waals surface area contributed by atoms with Crippen LogP contribution in [0.4, 0.5) is 0 Å². The first-order valence-electron chi connectivity index (χ1n) is 8.70. The number of carbonyl (C=O) groups excluding carboxylic acids is 2. The smallest absolute Gasteiger partial charge is 0.255 e. The molecule has 0 saturated heterocycles. The summed E-state index contributed by atoms with van der Waals surface area (Å²) in [5, 5.41) is 2.93. The summed E-state index contributed by atoms with van der Waals surface area (Å²) in [4.78, 5) is 33.0. The van der Waals surface area contributed by atoms with E-state index in [-0.39, 0.29) is 11.8 Å². The molecule has 0 atom stereocenters. The highest BCUT2D eigenvalue weighted by Crippen LogP contribution is 2.28. The van der Waals surface area contributed by atoms with Crippen LogP contribution in [-0.2, 0) is 13.0 Å².